The van der Waals surface area contributed by atoms with E-state index in [0.29, 0.717) is 6.61 Å². The average Bonchev–Trinajstić information content (AvgIpc) is 2.09. The highest BCUT2D eigenvalue weighted by molar-refractivity contribution is 6.74. The Labute approximate surface area is 95.1 Å². The fourth-order valence-electron chi connectivity index (χ4n) is 0.804. The molecule has 0 aliphatic rings. The second-order valence-electron chi connectivity index (χ2n) is 5.16. The third-order valence-electron chi connectivity index (χ3n) is 2.84. The fraction of sp³-hybridized carbons (Fsp3) is 0.750. The van der Waals surface area contributed by atoms with Crippen molar-refractivity contribution in [1.82, 2.24) is 0 Å². The predicted molar refractivity (Wildman–Crippen MR) is 67.4 cm³/mol. The van der Waals surface area contributed by atoms with Crippen molar-refractivity contribution < 1.29 is 9.16 Å². The molecular weight excluding hydrogens is 204 g/mol. The highest BCUT2D eigenvalue weighted by Crippen LogP contribution is 2.36. The molecule has 15 heavy (non-hydrogen) atoms. The van der Waals surface area contributed by atoms with Crippen LogP contribution in [-0.2, 0) is 9.16 Å². The van der Waals surface area contributed by atoms with Crippen LogP contribution in [0.5, 0.6) is 0 Å². The Bertz CT molecular complexity index is 222. The van der Waals surface area contributed by atoms with E-state index in [1.807, 2.05) is 0 Å². The first-order chi connectivity index (χ1) is 6.81. The van der Waals surface area contributed by atoms with E-state index in [1.165, 1.54) is 6.26 Å². The molecule has 0 unspecified atom stereocenters. The first-order valence-corrected chi connectivity index (χ1v) is 8.32. The molecular formula is C12H24O2Si. The summed E-state index contributed by atoms with van der Waals surface area (Å²) in [5.74, 6) is 0. The molecule has 0 aromatic rings. The first-order valence-electron chi connectivity index (χ1n) is 5.41. The van der Waals surface area contributed by atoms with Crippen LogP contribution < -0.4 is 0 Å². The number of rotatable bonds is 6. The van der Waals surface area contributed by atoms with Crippen molar-refractivity contribution in [2.75, 3.05) is 13.2 Å². The van der Waals surface area contributed by atoms with Gasteiger partial charge in [-0.2, -0.15) is 0 Å². The van der Waals surface area contributed by atoms with Gasteiger partial charge in [0.25, 0.3) is 0 Å². The van der Waals surface area contributed by atoms with E-state index in [0.717, 1.165) is 13.0 Å². The summed E-state index contributed by atoms with van der Waals surface area (Å²) in [6.07, 6.45) is 2.41. The van der Waals surface area contributed by atoms with Crippen molar-refractivity contribution in [3.05, 3.63) is 18.6 Å². The van der Waals surface area contributed by atoms with E-state index < -0.39 is 8.32 Å². The van der Waals surface area contributed by atoms with Crippen LogP contribution >= 0.6 is 0 Å². The van der Waals surface area contributed by atoms with Gasteiger partial charge in [0, 0.05) is 13.0 Å². The summed E-state index contributed by atoms with van der Waals surface area (Å²) in [6.45, 7) is 16.1. The monoisotopic (exact) mass is 228 g/mol. The van der Waals surface area contributed by atoms with Crippen LogP contribution in [0.3, 0.4) is 0 Å². The van der Waals surface area contributed by atoms with Gasteiger partial charge in [0.05, 0.1) is 6.61 Å². The molecule has 0 spiro atoms. The number of ether oxygens (including phenoxy) is 1. The van der Waals surface area contributed by atoms with Crippen LogP contribution in [0.1, 0.15) is 27.2 Å². The Balaban J connectivity index is 3.71. The summed E-state index contributed by atoms with van der Waals surface area (Å²) in [5.41, 5.74) is 2.57. The lowest BCUT2D eigenvalue weighted by Gasteiger charge is -2.36. The van der Waals surface area contributed by atoms with Crippen LogP contribution in [0.4, 0.5) is 0 Å². The summed E-state index contributed by atoms with van der Waals surface area (Å²) in [7, 11) is -1.57. The third kappa shape index (κ3) is 5.83. The Kier molecular flexibility index (Phi) is 5.95. The minimum Gasteiger partial charge on any atom is -0.493 e. The molecule has 0 heterocycles. The third-order valence-corrected chi connectivity index (χ3v) is 7.38. The van der Waals surface area contributed by atoms with Crippen molar-refractivity contribution in [2.24, 2.45) is 0 Å². The summed E-state index contributed by atoms with van der Waals surface area (Å²) >= 11 is 0. The van der Waals surface area contributed by atoms with Crippen LogP contribution in [0.15, 0.2) is 18.6 Å². The van der Waals surface area contributed by atoms with Crippen molar-refractivity contribution in [1.29, 1.82) is 0 Å². The summed E-state index contributed by atoms with van der Waals surface area (Å²) in [6, 6.07) is 0. The van der Waals surface area contributed by atoms with Gasteiger partial charge in [-0.15, -0.1) is 0 Å². The fourth-order valence-corrected chi connectivity index (χ4v) is 1.89. The van der Waals surface area contributed by atoms with Crippen LogP contribution in [0, 0.1) is 0 Å². The Morgan fingerprint density at radius 3 is 2.33 bits per heavy atom. The van der Waals surface area contributed by atoms with Crippen molar-refractivity contribution in [3.63, 3.8) is 0 Å². The molecule has 0 saturated heterocycles. The average molecular weight is 228 g/mol. The molecule has 0 aliphatic carbocycles. The molecule has 0 aliphatic heterocycles. The summed E-state index contributed by atoms with van der Waals surface area (Å²) < 4.78 is 11.1. The minimum atomic E-state index is -1.57. The van der Waals surface area contributed by atoms with Gasteiger partial charge in [0.2, 0.25) is 0 Å². The Morgan fingerprint density at radius 2 is 1.87 bits per heavy atom. The maximum Gasteiger partial charge on any atom is 0.191 e. The van der Waals surface area contributed by atoms with E-state index in [9.17, 15) is 0 Å². The molecule has 0 aromatic heterocycles. The lowest BCUT2D eigenvalue weighted by Crippen LogP contribution is -2.41. The first kappa shape index (κ1) is 14.5. The Morgan fingerprint density at radius 1 is 1.27 bits per heavy atom. The van der Waals surface area contributed by atoms with Gasteiger partial charge in [0.15, 0.2) is 8.32 Å². The second-order valence-corrected chi connectivity index (χ2v) is 9.96. The highest BCUT2D eigenvalue weighted by Gasteiger charge is 2.36. The molecule has 88 valence electrons. The molecule has 2 nitrogen and oxygen atoms in total. The zero-order valence-corrected chi connectivity index (χ0v) is 11.7. The molecule has 0 N–H and O–H groups in total. The van der Waals surface area contributed by atoms with Crippen LogP contribution in [-0.4, -0.2) is 21.5 Å². The SMILES string of the molecule is C=C=COCCCO[Si](C)(C)C(C)(C)C. The summed E-state index contributed by atoms with van der Waals surface area (Å²) in [4.78, 5) is 0. The van der Waals surface area contributed by atoms with Crippen LogP contribution in [0.2, 0.25) is 18.1 Å². The zero-order chi connectivity index (χ0) is 11.9. The van der Waals surface area contributed by atoms with Crippen LogP contribution in [0.25, 0.3) is 0 Å². The molecule has 3 heteroatoms. The van der Waals surface area contributed by atoms with E-state index in [1.54, 1.807) is 0 Å². The molecule has 0 rings (SSSR count). The van der Waals surface area contributed by atoms with E-state index in [-0.39, 0.29) is 5.04 Å². The molecule has 0 fully saturated rings. The number of hydrogen-bond donors (Lipinski definition) is 0. The van der Waals surface area contributed by atoms with Crippen molar-refractivity contribution in [3.8, 4) is 0 Å². The lowest BCUT2D eigenvalue weighted by atomic mass is 10.2. The summed E-state index contributed by atoms with van der Waals surface area (Å²) in [5, 5.41) is 0.287. The highest BCUT2D eigenvalue weighted by atomic mass is 28.4. The van der Waals surface area contributed by atoms with E-state index in [2.05, 4.69) is 46.2 Å². The van der Waals surface area contributed by atoms with Gasteiger partial charge in [-0.05, 0) is 18.1 Å². The molecule has 0 atom stereocenters. The standard InChI is InChI=1S/C12H24O2Si/c1-7-9-13-10-8-11-14-15(5,6)12(2,3)4/h9H,1,8,10-11H2,2-6H3. The Hall–Kier alpha value is -0.503. The lowest BCUT2D eigenvalue weighted by molar-refractivity contribution is 0.201. The molecule has 0 saturated carbocycles. The van der Waals surface area contributed by atoms with Gasteiger partial charge in [-0.1, -0.05) is 33.1 Å². The van der Waals surface area contributed by atoms with Gasteiger partial charge < -0.3 is 9.16 Å². The van der Waals surface area contributed by atoms with E-state index >= 15 is 0 Å². The molecule has 0 aromatic carbocycles. The van der Waals surface area contributed by atoms with Crippen molar-refractivity contribution >= 4 is 8.32 Å². The molecule has 0 radical (unpaired) electrons. The van der Waals surface area contributed by atoms with Gasteiger partial charge in [0.1, 0.15) is 6.26 Å². The largest absolute Gasteiger partial charge is 0.493 e. The maximum atomic E-state index is 5.98. The molecule has 0 amide bonds. The quantitative estimate of drug-likeness (QED) is 0.298. The topological polar surface area (TPSA) is 18.5 Å². The van der Waals surface area contributed by atoms with Crippen molar-refractivity contribution in [2.45, 2.75) is 45.3 Å². The predicted octanol–water partition coefficient (Wildman–Crippen LogP) is 3.71. The maximum absolute atomic E-state index is 5.98. The zero-order valence-electron chi connectivity index (χ0n) is 10.7. The van der Waals surface area contributed by atoms with Gasteiger partial charge in [-0.25, -0.2) is 0 Å². The minimum absolute atomic E-state index is 0.287. The smallest absolute Gasteiger partial charge is 0.191 e. The molecule has 0 bridgehead atoms. The number of hydrogen-bond acceptors (Lipinski definition) is 2. The van der Waals surface area contributed by atoms with E-state index in [4.69, 9.17) is 9.16 Å². The van der Waals surface area contributed by atoms with Gasteiger partial charge >= 0.3 is 0 Å². The normalized spacial score (nSPS) is 12.1. The van der Waals surface area contributed by atoms with Gasteiger partial charge in [-0.3, -0.25) is 0 Å². The second kappa shape index (κ2) is 6.16.